The number of piperidine rings is 2. The summed E-state index contributed by atoms with van der Waals surface area (Å²) >= 11 is 0. The molecule has 4 heteroatoms. The standard InChI is InChI=1S/C24H39N3O/c1-18(2)22-12-7-9-19(3)24(22)25-23(28)17-26-13-8-11-21(15-26)16-27-14-6-5-10-20(27)4/h7,9,12,18,20-21H,5-6,8,10-11,13-17H2,1-4H3,(H,25,28). The number of hydrogen-bond donors (Lipinski definition) is 1. The van der Waals surface area contributed by atoms with Gasteiger partial charge in [0.1, 0.15) is 0 Å². The van der Waals surface area contributed by atoms with E-state index in [2.05, 4.69) is 61.0 Å². The van der Waals surface area contributed by atoms with Gasteiger partial charge in [0, 0.05) is 24.8 Å². The largest absolute Gasteiger partial charge is 0.324 e. The van der Waals surface area contributed by atoms with E-state index >= 15 is 0 Å². The van der Waals surface area contributed by atoms with Crippen LogP contribution in [-0.4, -0.2) is 54.5 Å². The number of carbonyl (C=O) groups is 1. The number of hydrogen-bond acceptors (Lipinski definition) is 3. The zero-order valence-electron chi connectivity index (χ0n) is 18.3. The van der Waals surface area contributed by atoms with Crippen LogP contribution in [0.3, 0.4) is 0 Å². The normalized spacial score (nSPS) is 24.5. The molecular weight excluding hydrogens is 346 g/mol. The Labute approximate surface area is 171 Å². The van der Waals surface area contributed by atoms with Crippen LogP contribution in [0.5, 0.6) is 0 Å². The molecule has 4 nitrogen and oxygen atoms in total. The molecule has 156 valence electrons. The van der Waals surface area contributed by atoms with Gasteiger partial charge in [0.15, 0.2) is 0 Å². The molecule has 28 heavy (non-hydrogen) atoms. The van der Waals surface area contributed by atoms with Gasteiger partial charge in [-0.3, -0.25) is 9.69 Å². The third-order valence-electron chi connectivity index (χ3n) is 6.60. The number of benzene rings is 1. The van der Waals surface area contributed by atoms with Crippen molar-refractivity contribution in [1.82, 2.24) is 9.80 Å². The van der Waals surface area contributed by atoms with Crippen LogP contribution in [0, 0.1) is 12.8 Å². The monoisotopic (exact) mass is 385 g/mol. The molecule has 3 rings (SSSR count). The van der Waals surface area contributed by atoms with E-state index in [1.807, 2.05) is 0 Å². The van der Waals surface area contributed by atoms with Gasteiger partial charge in [-0.05, 0) is 75.6 Å². The molecule has 0 spiro atoms. The van der Waals surface area contributed by atoms with Gasteiger partial charge in [-0.15, -0.1) is 0 Å². The van der Waals surface area contributed by atoms with Crippen LogP contribution in [0.1, 0.15) is 69.9 Å². The Balaban J connectivity index is 1.54. The van der Waals surface area contributed by atoms with E-state index in [0.29, 0.717) is 18.4 Å². The summed E-state index contributed by atoms with van der Waals surface area (Å²) in [6, 6.07) is 7.02. The van der Waals surface area contributed by atoms with E-state index in [1.165, 1.54) is 50.8 Å². The van der Waals surface area contributed by atoms with E-state index in [-0.39, 0.29) is 5.91 Å². The molecule has 1 N–H and O–H groups in total. The second-order valence-corrected chi connectivity index (χ2v) is 9.33. The molecule has 2 heterocycles. The van der Waals surface area contributed by atoms with E-state index in [1.54, 1.807) is 0 Å². The number of nitrogens with zero attached hydrogens (tertiary/aromatic N) is 2. The molecule has 0 saturated carbocycles. The van der Waals surface area contributed by atoms with Crippen molar-refractivity contribution < 1.29 is 4.79 Å². The molecule has 0 bridgehead atoms. The maximum atomic E-state index is 12.8. The lowest BCUT2D eigenvalue weighted by atomic mass is 9.94. The van der Waals surface area contributed by atoms with Gasteiger partial charge in [0.2, 0.25) is 5.91 Å². The molecule has 0 aromatic heterocycles. The summed E-state index contributed by atoms with van der Waals surface area (Å²) in [6.07, 6.45) is 6.58. The summed E-state index contributed by atoms with van der Waals surface area (Å²) in [5, 5.41) is 3.22. The Kier molecular flexibility index (Phi) is 7.53. The fourth-order valence-electron chi connectivity index (χ4n) is 4.93. The first-order valence-electron chi connectivity index (χ1n) is 11.3. The second kappa shape index (κ2) is 9.89. The molecule has 1 aromatic carbocycles. The van der Waals surface area contributed by atoms with Crippen molar-refractivity contribution in [3.8, 4) is 0 Å². The maximum absolute atomic E-state index is 12.8. The highest BCUT2D eigenvalue weighted by molar-refractivity contribution is 5.93. The highest BCUT2D eigenvalue weighted by Gasteiger charge is 2.26. The zero-order valence-corrected chi connectivity index (χ0v) is 18.3. The Morgan fingerprint density at radius 3 is 2.75 bits per heavy atom. The smallest absolute Gasteiger partial charge is 0.238 e. The van der Waals surface area contributed by atoms with Crippen molar-refractivity contribution in [2.75, 3.05) is 38.0 Å². The first-order valence-corrected chi connectivity index (χ1v) is 11.3. The summed E-state index contributed by atoms with van der Waals surface area (Å²) in [5.41, 5.74) is 3.39. The predicted molar refractivity (Wildman–Crippen MR) is 118 cm³/mol. The van der Waals surface area contributed by atoms with Crippen LogP contribution < -0.4 is 5.32 Å². The fourth-order valence-corrected chi connectivity index (χ4v) is 4.93. The first kappa shape index (κ1) is 21.3. The van der Waals surface area contributed by atoms with Gasteiger partial charge in [-0.2, -0.15) is 0 Å². The molecule has 0 radical (unpaired) electrons. The summed E-state index contributed by atoms with van der Waals surface area (Å²) in [6.45, 7) is 13.9. The summed E-state index contributed by atoms with van der Waals surface area (Å²) in [7, 11) is 0. The molecule has 1 amide bonds. The second-order valence-electron chi connectivity index (χ2n) is 9.33. The van der Waals surface area contributed by atoms with Crippen LogP contribution in [0.15, 0.2) is 18.2 Å². The zero-order chi connectivity index (χ0) is 20.1. The summed E-state index contributed by atoms with van der Waals surface area (Å²) in [4.78, 5) is 17.8. The molecule has 2 atom stereocenters. The van der Waals surface area contributed by atoms with E-state index < -0.39 is 0 Å². The number of nitrogens with one attached hydrogen (secondary N) is 1. The predicted octanol–water partition coefficient (Wildman–Crippen LogP) is 4.64. The van der Waals surface area contributed by atoms with Crippen molar-refractivity contribution in [3.63, 3.8) is 0 Å². The van der Waals surface area contributed by atoms with Crippen molar-refractivity contribution in [3.05, 3.63) is 29.3 Å². The van der Waals surface area contributed by atoms with E-state index in [0.717, 1.165) is 30.4 Å². The van der Waals surface area contributed by atoms with Gasteiger partial charge in [0.25, 0.3) is 0 Å². The Bertz CT molecular complexity index is 657. The minimum atomic E-state index is 0.128. The molecule has 2 aliphatic rings. The minimum Gasteiger partial charge on any atom is -0.324 e. The number of anilines is 1. The van der Waals surface area contributed by atoms with Crippen molar-refractivity contribution in [2.24, 2.45) is 5.92 Å². The Morgan fingerprint density at radius 2 is 2.00 bits per heavy atom. The highest BCUT2D eigenvalue weighted by Crippen LogP contribution is 2.28. The fraction of sp³-hybridized carbons (Fsp3) is 0.708. The number of amides is 1. The molecule has 1 aromatic rings. The van der Waals surface area contributed by atoms with Gasteiger partial charge < -0.3 is 10.2 Å². The summed E-state index contributed by atoms with van der Waals surface area (Å²) in [5.74, 6) is 1.23. The van der Waals surface area contributed by atoms with Crippen molar-refractivity contribution in [1.29, 1.82) is 0 Å². The number of aryl methyl sites for hydroxylation is 1. The van der Waals surface area contributed by atoms with Gasteiger partial charge in [-0.25, -0.2) is 0 Å². The molecule has 2 unspecified atom stereocenters. The highest BCUT2D eigenvalue weighted by atomic mass is 16.2. The Morgan fingerprint density at radius 1 is 1.18 bits per heavy atom. The third-order valence-corrected chi connectivity index (χ3v) is 6.60. The van der Waals surface area contributed by atoms with Crippen molar-refractivity contribution >= 4 is 11.6 Å². The molecule has 0 aliphatic carbocycles. The number of likely N-dealkylation sites (tertiary alicyclic amines) is 2. The Hall–Kier alpha value is -1.39. The topological polar surface area (TPSA) is 35.6 Å². The molecule has 2 saturated heterocycles. The van der Waals surface area contributed by atoms with Crippen LogP contribution in [0.4, 0.5) is 5.69 Å². The van der Waals surface area contributed by atoms with E-state index in [9.17, 15) is 4.79 Å². The number of rotatable bonds is 6. The lowest BCUT2D eigenvalue weighted by Crippen LogP contribution is -2.46. The van der Waals surface area contributed by atoms with Gasteiger partial charge >= 0.3 is 0 Å². The SMILES string of the molecule is Cc1cccc(C(C)C)c1NC(=O)CN1CCCC(CN2CCCCC2C)C1. The minimum absolute atomic E-state index is 0.128. The summed E-state index contributed by atoms with van der Waals surface area (Å²) < 4.78 is 0. The van der Waals surface area contributed by atoms with E-state index in [4.69, 9.17) is 0 Å². The molecular formula is C24H39N3O. The number of para-hydroxylation sites is 1. The lowest BCUT2D eigenvalue weighted by molar-refractivity contribution is -0.117. The quantitative estimate of drug-likeness (QED) is 0.775. The van der Waals surface area contributed by atoms with Crippen molar-refractivity contribution in [2.45, 2.75) is 71.8 Å². The molecule has 2 aliphatic heterocycles. The average Bonchev–Trinajstić information content (AvgIpc) is 2.65. The van der Waals surface area contributed by atoms with Crippen LogP contribution >= 0.6 is 0 Å². The van der Waals surface area contributed by atoms with Gasteiger partial charge in [-0.1, -0.05) is 38.5 Å². The van der Waals surface area contributed by atoms with Gasteiger partial charge in [0.05, 0.1) is 6.54 Å². The third kappa shape index (κ3) is 5.57. The average molecular weight is 386 g/mol. The maximum Gasteiger partial charge on any atom is 0.238 e. The van der Waals surface area contributed by atoms with Crippen LogP contribution in [0.25, 0.3) is 0 Å². The lowest BCUT2D eigenvalue weighted by Gasteiger charge is -2.39. The first-order chi connectivity index (χ1) is 13.4. The van der Waals surface area contributed by atoms with Crippen LogP contribution in [0.2, 0.25) is 0 Å². The number of carbonyl (C=O) groups excluding carboxylic acids is 1. The van der Waals surface area contributed by atoms with Crippen LogP contribution in [-0.2, 0) is 4.79 Å². The molecule has 2 fully saturated rings.